The molecule has 1 heterocycles. The second-order valence-corrected chi connectivity index (χ2v) is 8.19. The number of thiocarbonyl (C=S) groups is 1. The standard InChI is InChI=1S/C21H24BrN3OS/c1-15-7-8-17(13-19(15)22)20(26)24-21(27)23-18-9-11-25(12-10-18)14-16-5-3-2-4-6-16/h2-8,13,18H,9-12,14H2,1H3,(H2,23,24,26,27). The van der Waals surface area contributed by atoms with E-state index in [1.165, 1.54) is 5.56 Å². The van der Waals surface area contributed by atoms with Crippen LogP contribution in [-0.2, 0) is 6.54 Å². The highest BCUT2D eigenvalue weighted by Crippen LogP contribution is 2.17. The maximum Gasteiger partial charge on any atom is 0.257 e. The van der Waals surface area contributed by atoms with Crippen molar-refractivity contribution in [3.8, 4) is 0 Å². The van der Waals surface area contributed by atoms with Crippen LogP contribution < -0.4 is 10.6 Å². The number of piperidine rings is 1. The number of likely N-dealkylation sites (tertiary alicyclic amines) is 1. The normalized spacial score (nSPS) is 15.3. The molecular weight excluding hydrogens is 422 g/mol. The van der Waals surface area contributed by atoms with Gasteiger partial charge in [0.1, 0.15) is 0 Å². The van der Waals surface area contributed by atoms with E-state index in [1.54, 1.807) is 6.07 Å². The second kappa shape index (κ2) is 9.44. The van der Waals surface area contributed by atoms with E-state index in [0.29, 0.717) is 16.7 Å². The smallest absolute Gasteiger partial charge is 0.257 e. The molecule has 142 valence electrons. The molecule has 0 aromatic heterocycles. The summed E-state index contributed by atoms with van der Waals surface area (Å²) < 4.78 is 0.916. The summed E-state index contributed by atoms with van der Waals surface area (Å²) in [6.07, 6.45) is 2.03. The van der Waals surface area contributed by atoms with Crippen molar-refractivity contribution in [2.75, 3.05) is 13.1 Å². The van der Waals surface area contributed by atoms with Gasteiger partial charge in [0.2, 0.25) is 0 Å². The van der Waals surface area contributed by atoms with E-state index >= 15 is 0 Å². The van der Waals surface area contributed by atoms with Crippen molar-refractivity contribution in [1.29, 1.82) is 0 Å². The number of halogens is 1. The van der Waals surface area contributed by atoms with E-state index in [4.69, 9.17) is 12.2 Å². The third kappa shape index (κ3) is 5.86. The molecule has 1 amide bonds. The first-order chi connectivity index (χ1) is 13.0. The second-order valence-electron chi connectivity index (χ2n) is 6.93. The van der Waals surface area contributed by atoms with Gasteiger partial charge in [0.25, 0.3) is 5.91 Å². The van der Waals surface area contributed by atoms with E-state index in [2.05, 4.69) is 55.7 Å². The van der Waals surface area contributed by atoms with Crippen molar-refractivity contribution >= 4 is 39.2 Å². The van der Waals surface area contributed by atoms with E-state index in [1.807, 2.05) is 25.1 Å². The summed E-state index contributed by atoms with van der Waals surface area (Å²) in [5, 5.41) is 6.48. The average molecular weight is 446 g/mol. The third-order valence-corrected chi connectivity index (χ3v) is 5.91. The maximum absolute atomic E-state index is 12.3. The van der Waals surface area contributed by atoms with E-state index in [9.17, 15) is 4.79 Å². The summed E-state index contributed by atoms with van der Waals surface area (Å²) in [4.78, 5) is 14.8. The van der Waals surface area contributed by atoms with Gasteiger partial charge in [-0.05, 0) is 55.2 Å². The number of hydrogen-bond acceptors (Lipinski definition) is 3. The van der Waals surface area contributed by atoms with Crippen LogP contribution in [0.5, 0.6) is 0 Å². The predicted molar refractivity (Wildman–Crippen MR) is 117 cm³/mol. The molecule has 0 bridgehead atoms. The minimum atomic E-state index is -0.185. The van der Waals surface area contributed by atoms with E-state index in [-0.39, 0.29) is 5.91 Å². The number of carbonyl (C=O) groups is 1. The highest BCUT2D eigenvalue weighted by Gasteiger charge is 2.20. The minimum Gasteiger partial charge on any atom is -0.360 e. The maximum atomic E-state index is 12.3. The topological polar surface area (TPSA) is 44.4 Å². The molecule has 0 spiro atoms. The lowest BCUT2D eigenvalue weighted by atomic mass is 10.0. The number of carbonyl (C=O) groups excluding carboxylic acids is 1. The van der Waals surface area contributed by atoms with Gasteiger partial charge in [-0.25, -0.2) is 0 Å². The number of nitrogens with zero attached hydrogens (tertiary/aromatic N) is 1. The van der Waals surface area contributed by atoms with Crippen molar-refractivity contribution in [3.63, 3.8) is 0 Å². The monoisotopic (exact) mass is 445 g/mol. The number of amides is 1. The fourth-order valence-electron chi connectivity index (χ4n) is 3.21. The Morgan fingerprint density at radius 3 is 2.56 bits per heavy atom. The van der Waals surface area contributed by atoms with Gasteiger partial charge in [0, 0.05) is 35.7 Å². The molecule has 6 heteroatoms. The van der Waals surface area contributed by atoms with Gasteiger partial charge >= 0.3 is 0 Å². The molecular formula is C21H24BrN3OS. The Morgan fingerprint density at radius 2 is 1.89 bits per heavy atom. The van der Waals surface area contributed by atoms with Crippen LogP contribution in [0, 0.1) is 6.92 Å². The van der Waals surface area contributed by atoms with Crippen molar-refractivity contribution in [1.82, 2.24) is 15.5 Å². The molecule has 2 N–H and O–H groups in total. The number of rotatable bonds is 4. The quantitative estimate of drug-likeness (QED) is 0.697. The Morgan fingerprint density at radius 1 is 1.19 bits per heavy atom. The molecule has 1 aliphatic rings. The lowest BCUT2D eigenvalue weighted by Crippen LogP contribution is -2.48. The molecule has 0 atom stereocenters. The van der Waals surface area contributed by atoms with Crippen LogP contribution in [0.25, 0.3) is 0 Å². The summed E-state index contributed by atoms with van der Waals surface area (Å²) in [6.45, 7) is 5.02. The number of aryl methyl sites for hydroxylation is 1. The Balaban J connectivity index is 1.44. The van der Waals surface area contributed by atoms with Crippen molar-refractivity contribution in [2.45, 2.75) is 32.4 Å². The van der Waals surface area contributed by atoms with Gasteiger partial charge in [-0.1, -0.05) is 52.3 Å². The zero-order chi connectivity index (χ0) is 19.2. The van der Waals surface area contributed by atoms with Gasteiger partial charge in [0.05, 0.1) is 0 Å². The first-order valence-corrected chi connectivity index (χ1v) is 10.4. The molecule has 1 saturated heterocycles. The van der Waals surface area contributed by atoms with E-state index < -0.39 is 0 Å². The molecule has 2 aromatic rings. The van der Waals surface area contributed by atoms with Gasteiger partial charge in [0.15, 0.2) is 5.11 Å². The molecule has 4 nitrogen and oxygen atoms in total. The first-order valence-electron chi connectivity index (χ1n) is 9.15. The number of benzene rings is 2. The molecule has 0 unspecified atom stereocenters. The SMILES string of the molecule is Cc1ccc(C(=O)NC(=S)NC2CCN(Cc3ccccc3)CC2)cc1Br. The molecule has 1 fully saturated rings. The molecule has 3 rings (SSSR count). The highest BCUT2D eigenvalue weighted by atomic mass is 79.9. The molecule has 0 aliphatic carbocycles. The summed E-state index contributed by atoms with van der Waals surface area (Å²) in [5.74, 6) is -0.185. The van der Waals surface area contributed by atoms with Crippen molar-refractivity contribution in [3.05, 3.63) is 69.7 Å². The lowest BCUT2D eigenvalue weighted by molar-refractivity contribution is 0.0976. The zero-order valence-electron chi connectivity index (χ0n) is 15.4. The van der Waals surface area contributed by atoms with Crippen LogP contribution in [0.1, 0.15) is 34.3 Å². The zero-order valence-corrected chi connectivity index (χ0v) is 17.8. The van der Waals surface area contributed by atoms with Crippen LogP contribution in [-0.4, -0.2) is 35.1 Å². The summed E-state index contributed by atoms with van der Waals surface area (Å²) in [6, 6.07) is 16.4. The van der Waals surface area contributed by atoms with Crippen LogP contribution in [0.15, 0.2) is 53.0 Å². The number of nitrogens with one attached hydrogen (secondary N) is 2. The van der Waals surface area contributed by atoms with Crippen LogP contribution >= 0.6 is 28.1 Å². The number of hydrogen-bond donors (Lipinski definition) is 2. The van der Waals surface area contributed by atoms with Crippen LogP contribution in [0.4, 0.5) is 0 Å². The van der Waals surface area contributed by atoms with Crippen molar-refractivity contribution in [2.24, 2.45) is 0 Å². The van der Waals surface area contributed by atoms with E-state index in [0.717, 1.165) is 42.5 Å². The van der Waals surface area contributed by atoms with Gasteiger partial charge < -0.3 is 5.32 Å². The molecule has 0 saturated carbocycles. The molecule has 27 heavy (non-hydrogen) atoms. The molecule has 1 aliphatic heterocycles. The van der Waals surface area contributed by atoms with Gasteiger partial charge in [-0.2, -0.15) is 0 Å². The molecule has 2 aromatic carbocycles. The summed E-state index contributed by atoms with van der Waals surface area (Å²) in [5.41, 5.74) is 3.03. The third-order valence-electron chi connectivity index (χ3n) is 4.83. The lowest BCUT2D eigenvalue weighted by Gasteiger charge is -2.32. The highest BCUT2D eigenvalue weighted by molar-refractivity contribution is 9.10. The predicted octanol–water partition coefficient (Wildman–Crippen LogP) is 4.03. The first kappa shape index (κ1) is 20.0. The van der Waals surface area contributed by atoms with Gasteiger partial charge in [-0.15, -0.1) is 0 Å². The fourth-order valence-corrected chi connectivity index (χ4v) is 3.85. The Hall–Kier alpha value is -1.76. The minimum absolute atomic E-state index is 0.185. The summed E-state index contributed by atoms with van der Waals surface area (Å²) >= 11 is 8.79. The Bertz CT molecular complexity index is 804. The Labute approximate surface area is 174 Å². The van der Waals surface area contributed by atoms with Crippen LogP contribution in [0.2, 0.25) is 0 Å². The Kier molecular flexibility index (Phi) is 6.99. The average Bonchev–Trinajstić information content (AvgIpc) is 2.66. The largest absolute Gasteiger partial charge is 0.360 e. The molecule has 0 radical (unpaired) electrons. The van der Waals surface area contributed by atoms with Crippen LogP contribution in [0.3, 0.4) is 0 Å². The van der Waals surface area contributed by atoms with Crippen molar-refractivity contribution < 1.29 is 4.79 Å². The summed E-state index contributed by atoms with van der Waals surface area (Å²) in [7, 11) is 0. The van der Waals surface area contributed by atoms with Gasteiger partial charge in [-0.3, -0.25) is 15.0 Å². The fraction of sp³-hybridized carbons (Fsp3) is 0.333.